The van der Waals surface area contributed by atoms with Crippen LogP contribution in [0.4, 0.5) is 5.69 Å². The van der Waals surface area contributed by atoms with Crippen molar-refractivity contribution in [2.45, 2.75) is 38.5 Å². The van der Waals surface area contributed by atoms with Gasteiger partial charge in [0.05, 0.1) is 4.92 Å². The van der Waals surface area contributed by atoms with Crippen LogP contribution in [0.1, 0.15) is 37.3 Å². The molecule has 0 amide bonds. The van der Waals surface area contributed by atoms with Crippen molar-refractivity contribution in [1.29, 1.82) is 0 Å². The Morgan fingerprint density at radius 3 is 2.62 bits per heavy atom. The van der Waals surface area contributed by atoms with Crippen LogP contribution in [0.5, 0.6) is 0 Å². The number of alkyl halides is 1. The molecule has 0 fully saturated rings. The van der Waals surface area contributed by atoms with Crippen molar-refractivity contribution in [3.63, 3.8) is 0 Å². The molecule has 0 spiro atoms. The van der Waals surface area contributed by atoms with Crippen LogP contribution in [0, 0.1) is 17.0 Å². The Kier molecular flexibility index (Phi) is 4.30. The Balaban J connectivity index is 3.19. The summed E-state index contributed by atoms with van der Waals surface area (Å²) in [5.41, 5.74) is 1.91. The number of aryl methyl sites for hydroxylation is 1. The fraction of sp³-hybridized carbons (Fsp3) is 0.500. The van der Waals surface area contributed by atoms with Crippen molar-refractivity contribution in [2.24, 2.45) is 0 Å². The Labute approximate surface area is 101 Å². The van der Waals surface area contributed by atoms with Crippen LogP contribution in [0.3, 0.4) is 0 Å². The molecule has 88 valence electrons. The van der Waals surface area contributed by atoms with Gasteiger partial charge >= 0.3 is 0 Å². The molecule has 0 bridgehead atoms. The minimum absolute atomic E-state index is 0.00744. The van der Waals surface area contributed by atoms with Gasteiger partial charge < -0.3 is 0 Å². The number of hydrogen-bond donors (Lipinski definition) is 0. The van der Waals surface area contributed by atoms with Crippen molar-refractivity contribution in [2.75, 3.05) is 0 Å². The van der Waals surface area contributed by atoms with Crippen LogP contribution >= 0.6 is 11.6 Å². The summed E-state index contributed by atoms with van der Waals surface area (Å²) in [4.78, 5) is 10.6. The maximum Gasteiger partial charge on any atom is 0.272 e. The lowest BCUT2D eigenvalue weighted by molar-refractivity contribution is -0.385. The quantitative estimate of drug-likeness (QED) is 0.454. The lowest BCUT2D eigenvalue weighted by Crippen LogP contribution is -2.10. The van der Waals surface area contributed by atoms with E-state index in [-0.39, 0.29) is 21.9 Å². The third kappa shape index (κ3) is 2.73. The highest BCUT2D eigenvalue weighted by Gasteiger charge is 2.23. The number of rotatable bonds is 4. The summed E-state index contributed by atoms with van der Waals surface area (Å²) in [7, 11) is 0. The Morgan fingerprint density at radius 1 is 1.50 bits per heavy atom. The van der Waals surface area contributed by atoms with Gasteiger partial charge in [-0.15, -0.1) is 11.6 Å². The van der Waals surface area contributed by atoms with Crippen LogP contribution in [-0.4, -0.2) is 10.3 Å². The first-order chi connectivity index (χ1) is 7.47. The largest absolute Gasteiger partial charge is 0.272 e. The minimum atomic E-state index is -0.343. The first-order valence-electron chi connectivity index (χ1n) is 5.36. The number of nitro groups is 1. The molecule has 3 nitrogen and oxygen atoms in total. The Hall–Kier alpha value is -1.09. The van der Waals surface area contributed by atoms with Gasteiger partial charge in [-0.1, -0.05) is 25.5 Å². The molecular weight excluding hydrogens is 226 g/mol. The topological polar surface area (TPSA) is 43.1 Å². The second-order valence-electron chi connectivity index (χ2n) is 4.03. The summed E-state index contributed by atoms with van der Waals surface area (Å²) in [6.07, 6.45) is 0.799. The van der Waals surface area contributed by atoms with Gasteiger partial charge in [0.15, 0.2) is 0 Å². The number of hydrogen-bond acceptors (Lipinski definition) is 2. The van der Waals surface area contributed by atoms with Crippen LogP contribution in [0.25, 0.3) is 0 Å². The third-order valence-electron chi connectivity index (χ3n) is 2.80. The summed E-state index contributed by atoms with van der Waals surface area (Å²) >= 11 is 6.16. The van der Waals surface area contributed by atoms with E-state index in [1.807, 2.05) is 26.8 Å². The molecule has 0 N–H and O–H groups in total. The molecule has 0 aliphatic rings. The van der Waals surface area contributed by atoms with E-state index in [2.05, 4.69) is 0 Å². The summed E-state index contributed by atoms with van der Waals surface area (Å²) in [5, 5.41) is 10.8. The molecule has 0 saturated heterocycles. The number of halogens is 1. The molecule has 0 aliphatic heterocycles. The molecule has 16 heavy (non-hydrogen) atoms. The highest BCUT2D eigenvalue weighted by atomic mass is 35.5. The van der Waals surface area contributed by atoms with Gasteiger partial charge in [-0.2, -0.15) is 0 Å². The van der Waals surface area contributed by atoms with E-state index in [1.165, 1.54) is 0 Å². The number of nitro benzene ring substituents is 1. The smallest absolute Gasteiger partial charge is 0.258 e. The predicted octanol–water partition coefficient (Wildman–Crippen LogP) is 4.02. The molecule has 1 aromatic carbocycles. The summed E-state index contributed by atoms with van der Waals surface area (Å²) in [5.74, 6) is -0.00744. The average molecular weight is 242 g/mol. The Morgan fingerprint density at radius 2 is 2.12 bits per heavy atom. The molecule has 2 unspecified atom stereocenters. The van der Waals surface area contributed by atoms with Crippen molar-refractivity contribution < 1.29 is 4.92 Å². The van der Waals surface area contributed by atoms with E-state index >= 15 is 0 Å². The van der Waals surface area contributed by atoms with E-state index in [0.29, 0.717) is 0 Å². The predicted molar refractivity (Wildman–Crippen MR) is 66.2 cm³/mol. The van der Waals surface area contributed by atoms with Gasteiger partial charge in [-0.3, -0.25) is 10.1 Å². The number of benzene rings is 1. The fourth-order valence-corrected chi connectivity index (χ4v) is 1.89. The third-order valence-corrected chi connectivity index (χ3v) is 3.49. The second-order valence-corrected chi connectivity index (χ2v) is 4.59. The van der Waals surface area contributed by atoms with Gasteiger partial charge in [0.1, 0.15) is 0 Å². The highest BCUT2D eigenvalue weighted by Crippen LogP contribution is 2.32. The Bertz CT molecular complexity index is 393. The summed E-state index contributed by atoms with van der Waals surface area (Å²) < 4.78 is 0. The summed E-state index contributed by atoms with van der Waals surface area (Å²) in [6.45, 7) is 5.84. The maximum atomic E-state index is 10.9. The van der Waals surface area contributed by atoms with Crippen LogP contribution in [0.15, 0.2) is 18.2 Å². The first kappa shape index (κ1) is 13.0. The zero-order chi connectivity index (χ0) is 12.3. The molecule has 4 heteroatoms. The van der Waals surface area contributed by atoms with Crippen molar-refractivity contribution >= 4 is 17.3 Å². The van der Waals surface area contributed by atoms with E-state index < -0.39 is 0 Å². The zero-order valence-electron chi connectivity index (χ0n) is 9.74. The van der Waals surface area contributed by atoms with Gasteiger partial charge in [-0.05, 0) is 19.4 Å². The van der Waals surface area contributed by atoms with E-state index in [0.717, 1.165) is 17.5 Å². The van der Waals surface area contributed by atoms with Crippen molar-refractivity contribution in [3.05, 3.63) is 39.4 Å². The molecule has 0 radical (unpaired) electrons. The average Bonchev–Trinajstić information content (AvgIpc) is 2.26. The van der Waals surface area contributed by atoms with E-state index in [9.17, 15) is 10.1 Å². The number of nitrogens with zero attached hydrogens (tertiary/aromatic N) is 1. The second kappa shape index (κ2) is 5.30. The first-order valence-corrected chi connectivity index (χ1v) is 5.80. The molecule has 1 aromatic rings. The molecule has 0 aliphatic carbocycles. The molecule has 0 saturated carbocycles. The van der Waals surface area contributed by atoms with E-state index in [4.69, 9.17) is 11.6 Å². The van der Waals surface area contributed by atoms with Crippen molar-refractivity contribution in [3.8, 4) is 0 Å². The molecular formula is C12H16ClNO2. The minimum Gasteiger partial charge on any atom is -0.258 e. The normalized spacial score (nSPS) is 14.5. The monoisotopic (exact) mass is 241 g/mol. The van der Waals surface area contributed by atoms with Crippen LogP contribution < -0.4 is 0 Å². The van der Waals surface area contributed by atoms with Crippen LogP contribution in [-0.2, 0) is 0 Å². The van der Waals surface area contributed by atoms with Gasteiger partial charge in [0.25, 0.3) is 5.69 Å². The molecule has 0 heterocycles. The molecule has 2 atom stereocenters. The maximum absolute atomic E-state index is 10.9. The standard InChI is InChI=1S/C12H16ClNO2/c1-4-11(13)9(3)10-7-8(2)5-6-12(10)14(15)16/h5-7,9,11H,4H2,1-3H3. The van der Waals surface area contributed by atoms with Crippen LogP contribution in [0.2, 0.25) is 0 Å². The lowest BCUT2D eigenvalue weighted by atomic mass is 9.93. The molecule has 0 aromatic heterocycles. The van der Waals surface area contributed by atoms with Crippen molar-refractivity contribution in [1.82, 2.24) is 0 Å². The molecule has 1 rings (SSSR count). The highest BCUT2D eigenvalue weighted by molar-refractivity contribution is 6.21. The van der Waals surface area contributed by atoms with Gasteiger partial charge in [0.2, 0.25) is 0 Å². The zero-order valence-corrected chi connectivity index (χ0v) is 10.5. The van der Waals surface area contributed by atoms with Gasteiger partial charge in [-0.25, -0.2) is 0 Å². The fourth-order valence-electron chi connectivity index (χ4n) is 1.75. The SMILES string of the molecule is CCC(Cl)C(C)c1cc(C)ccc1[N+](=O)[O-]. The van der Waals surface area contributed by atoms with Gasteiger partial charge in [0, 0.05) is 22.9 Å². The summed E-state index contributed by atoms with van der Waals surface area (Å²) in [6, 6.07) is 5.16. The van der Waals surface area contributed by atoms with E-state index in [1.54, 1.807) is 12.1 Å². The lowest BCUT2D eigenvalue weighted by Gasteiger charge is -2.17.